The molecule has 4 rings (SSSR count). The van der Waals surface area contributed by atoms with Crippen LogP contribution in [0.5, 0.6) is 0 Å². The number of nitrogens with zero attached hydrogens (tertiary/aromatic N) is 6. The molecule has 204 valence electrons. The van der Waals surface area contributed by atoms with Gasteiger partial charge in [-0.05, 0) is 0 Å². The molecule has 2 aromatic heterocycles. The summed E-state index contributed by atoms with van der Waals surface area (Å²) < 4.78 is 12.7. The molecule has 4 heterocycles. The van der Waals surface area contributed by atoms with Crippen LogP contribution in [0.15, 0.2) is 12.7 Å². The molecule has 8 atom stereocenters. The first-order valence-electron chi connectivity index (χ1n) is 9.84. The van der Waals surface area contributed by atoms with Gasteiger partial charge in [0.2, 0.25) is 5.82 Å². The largest absolute Gasteiger partial charge is 0.412 e. The van der Waals surface area contributed by atoms with Crippen molar-refractivity contribution in [1.29, 1.82) is 0 Å². The Morgan fingerprint density at radius 2 is 1.25 bits per heavy atom. The van der Waals surface area contributed by atoms with Crippen molar-refractivity contribution < 1.29 is 55.8 Å². The summed E-state index contributed by atoms with van der Waals surface area (Å²) in [6.07, 6.45) is -6.17. The van der Waals surface area contributed by atoms with Crippen molar-refractivity contribution in [2.24, 2.45) is 11.5 Å². The molecule has 2 fully saturated rings. The number of carbonyl (C=O) groups is 1. The summed E-state index contributed by atoms with van der Waals surface area (Å²) in [6.45, 7) is -0.840. The first-order chi connectivity index (χ1) is 16.1. The maximum atomic E-state index is 10.8. The third-order valence-electron chi connectivity index (χ3n) is 5.05. The molecule has 2 aliphatic rings. The zero-order valence-electron chi connectivity index (χ0n) is 18.7. The number of nitrogens with two attached hydrogens (primary N) is 3. The number of hydrogen-bond donors (Lipinski definition) is 10. The monoisotopic (exact) mass is 523 g/mol. The highest BCUT2D eigenvalue weighted by Crippen LogP contribution is 2.29. The Bertz CT molecular complexity index is 926. The fourth-order valence-corrected chi connectivity index (χ4v) is 3.24. The number of aliphatic hydroxyl groups excluding tert-OH is 6. The van der Waals surface area contributed by atoms with Crippen LogP contribution in [0.3, 0.4) is 0 Å². The molecule has 0 aromatic carbocycles. The van der Waals surface area contributed by atoms with Crippen LogP contribution in [0.2, 0.25) is 0 Å². The predicted octanol–water partition coefficient (Wildman–Crippen LogP) is -8.32. The quantitative estimate of drug-likeness (QED) is 0.124. The Labute approximate surface area is 202 Å². The maximum absolute atomic E-state index is 10.8. The summed E-state index contributed by atoms with van der Waals surface area (Å²) in [6, 6.07) is 0. The second-order valence-electron chi connectivity index (χ2n) is 7.37. The SMILES string of the molecule is N.NC(=O)c1ncn([C@@H]2O[C@H](CO)[C@H](O)C2O)n1.NC(=[NH2+])c1ncn([C@@H]2O[C@H](CO)[C@H](O)C2O)n1.O. The average molecular weight is 523 g/mol. The van der Waals surface area contributed by atoms with E-state index in [1.165, 1.54) is 11.0 Å². The van der Waals surface area contributed by atoms with Gasteiger partial charge in [-0.25, -0.2) is 19.3 Å². The van der Waals surface area contributed by atoms with Gasteiger partial charge in [-0.15, -0.1) is 10.2 Å². The van der Waals surface area contributed by atoms with E-state index < -0.39 is 68.2 Å². The van der Waals surface area contributed by atoms with Crippen molar-refractivity contribution in [3.63, 3.8) is 0 Å². The van der Waals surface area contributed by atoms with Gasteiger partial charge in [0.05, 0.1) is 13.2 Å². The van der Waals surface area contributed by atoms with E-state index >= 15 is 0 Å². The van der Waals surface area contributed by atoms with Crippen LogP contribution in [0, 0.1) is 0 Å². The van der Waals surface area contributed by atoms with Gasteiger partial charge in [0.1, 0.15) is 49.3 Å². The predicted molar refractivity (Wildman–Crippen MR) is 113 cm³/mol. The maximum Gasteiger partial charge on any atom is 0.311 e. The summed E-state index contributed by atoms with van der Waals surface area (Å²) in [4.78, 5) is 18.2. The highest BCUT2D eigenvalue weighted by molar-refractivity contribution is 5.88. The molecule has 0 saturated carbocycles. The van der Waals surface area contributed by atoms with E-state index in [2.05, 4.69) is 20.2 Å². The highest BCUT2D eigenvalue weighted by Gasteiger charge is 2.45. The Kier molecular flexibility index (Phi) is 10.9. The molecule has 2 aliphatic heterocycles. The van der Waals surface area contributed by atoms with Gasteiger partial charge in [-0.1, -0.05) is 0 Å². The summed E-state index contributed by atoms with van der Waals surface area (Å²) in [7, 11) is 0. The molecule has 0 bridgehead atoms. The van der Waals surface area contributed by atoms with Crippen LogP contribution in [0.4, 0.5) is 0 Å². The fraction of sp³-hybridized carbons (Fsp3) is 0.625. The lowest BCUT2D eigenvalue weighted by Gasteiger charge is -2.13. The molecular formula is C16H31N10O10+. The Hall–Kier alpha value is -3.18. The Morgan fingerprint density at radius 1 is 0.861 bits per heavy atom. The number of ether oxygens (including phenoxy) is 2. The molecule has 20 nitrogen and oxygen atoms in total. The third kappa shape index (κ3) is 6.14. The fourth-order valence-electron chi connectivity index (χ4n) is 3.24. The molecule has 0 aliphatic carbocycles. The van der Waals surface area contributed by atoms with Gasteiger partial charge >= 0.3 is 5.84 Å². The van der Waals surface area contributed by atoms with E-state index in [-0.39, 0.29) is 29.1 Å². The van der Waals surface area contributed by atoms with E-state index in [1.807, 2.05) is 0 Å². The zero-order chi connectivity index (χ0) is 25.2. The van der Waals surface area contributed by atoms with Crippen molar-refractivity contribution in [1.82, 2.24) is 35.7 Å². The van der Waals surface area contributed by atoms with E-state index in [1.54, 1.807) is 0 Å². The van der Waals surface area contributed by atoms with Crippen LogP contribution < -0.4 is 23.0 Å². The minimum atomic E-state index is -1.27. The van der Waals surface area contributed by atoms with Crippen molar-refractivity contribution >= 4 is 11.7 Å². The minimum absolute atomic E-state index is 0. The lowest BCUT2D eigenvalue weighted by molar-refractivity contribution is -0.114. The van der Waals surface area contributed by atoms with Gasteiger partial charge in [-0.3, -0.25) is 15.9 Å². The van der Waals surface area contributed by atoms with Gasteiger partial charge in [0.25, 0.3) is 11.7 Å². The number of amides is 1. The van der Waals surface area contributed by atoms with Gasteiger partial charge in [-0.2, -0.15) is 0 Å². The second kappa shape index (κ2) is 12.7. The molecular weight excluding hydrogens is 492 g/mol. The van der Waals surface area contributed by atoms with Gasteiger partial charge in [0.15, 0.2) is 12.5 Å². The van der Waals surface area contributed by atoms with E-state index in [9.17, 15) is 25.2 Å². The van der Waals surface area contributed by atoms with Crippen molar-refractivity contribution in [3.8, 4) is 0 Å². The lowest BCUT2D eigenvalue weighted by Crippen LogP contribution is -2.47. The summed E-state index contributed by atoms with van der Waals surface area (Å²) in [5.74, 6) is -0.975. The smallest absolute Gasteiger partial charge is 0.311 e. The standard InChI is InChI=1S/C8H13N5O4.C8H12N4O5.H3N.H2O/c9-6(10)7-11-2-13(12-7)8-5(16)4(15)3(1-14)17-8;9-6(16)7-10-2-12(11-7)8-5(15)4(14)3(1-13)17-8;;/h2-5,8,14-16H,1H2,(H3,9,10);2-5,8,13-15H,1H2,(H2,9,16);1H3;1H2/p+1/t2*3-,4+,5?,8-;;/m11../s1. The molecule has 17 N–H and O–H groups in total. The number of primary amides is 1. The minimum Gasteiger partial charge on any atom is -0.412 e. The Balaban J connectivity index is 0.000000341. The number of aromatic nitrogens is 6. The van der Waals surface area contributed by atoms with Crippen molar-refractivity contribution in [3.05, 3.63) is 24.3 Å². The number of carbonyl (C=O) groups excluding carboxylic acids is 1. The first kappa shape index (κ1) is 30.9. The van der Waals surface area contributed by atoms with Crippen LogP contribution in [-0.4, -0.2) is 127 Å². The second-order valence-corrected chi connectivity index (χ2v) is 7.37. The van der Waals surface area contributed by atoms with E-state index in [4.69, 9.17) is 36.6 Å². The van der Waals surface area contributed by atoms with Crippen molar-refractivity contribution in [2.75, 3.05) is 13.2 Å². The normalized spacial score (nSPS) is 31.1. The van der Waals surface area contributed by atoms with Gasteiger partial charge in [0, 0.05) is 0 Å². The van der Waals surface area contributed by atoms with Crippen molar-refractivity contribution in [2.45, 2.75) is 49.1 Å². The molecule has 2 aromatic rings. The molecule has 0 radical (unpaired) electrons. The number of amidine groups is 1. The molecule has 20 heteroatoms. The van der Waals surface area contributed by atoms with E-state index in [0.717, 1.165) is 11.0 Å². The van der Waals surface area contributed by atoms with Crippen LogP contribution in [0.25, 0.3) is 0 Å². The number of aliphatic hydroxyl groups is 6. The molecule has 1 amide bonds. The third-order valence-corrected chi connectivity index (χ3v) is 5.05. The first-order valence-corrected chi connectivity index (χ1v) is 9.84. The zero-order valence-corrected chi connectivity index (χ0v) is 18.7. The topological polar surface area (TPSA) is 362 Å². The van der Waals surface area contributed by atoms with Crippen LogP contribution in [0.1, 0.15) is 28.9 Å². The van der Waals surface area contributed by atoms with Crippen LogP contribution >= 0.6 is 0 Å². The molecule has 0 spiro atoms. The number of rotatable bonds is 6. The highest BCUT2D eigenvalue weighted by atomic mass is 16.6. The Morgan fingerprint density at radius 3 is 1.53 bits per heavy atom. The summed E-state index contributed by atoms with van der Waals surface area (Å²) >= 11 is 0. The molecule has 36 heavy (non-hydrogen) atoms. The number of hydrogen-bond acceptors (Lipinski definition) is 14. The van der Waals surface area contributed by atoms with E-state index in [0.29, 0.717) is 0 Å². The average Bonchev–Trinajstić information content (AvgIpc) is 3.58. The molecule has 2 saturated heterocycles. The molecule has 2 unspecified atom stereocenters. The lowest BCUT2D eigenvalue weighted by atomic mass is 10.1. The van der Waals surface area contributed by atoms with Gasteiger partial charge < -0.3 is 57.5 Å². The summed E-state index contributed by atoms with van der Waals surface area (Å²) in [5.41, 5.74) is 10.3. The van der Waals surface area contributed by atoms with Crippen LogP contribution in [-0.2, 0) is 9.47 Å². The summed E-state index contributed by atoms with van der Waals surface area (Å²) in [5, 5.41) is 69.2.